The zero-order valence-corrected chi connectivity index (χ0v) is 13.0. The van der Waals surface area contributed by atoms with Crippen molar-refractivity contribution in [2.45, 2.75) is 46.1 Å². The van der Waals surface area contributed by atoms with Crippen LogP contribution in [-0.4, -0.2) is 25.7 Å². The Kier molecular flexibility index (Phi) is 5.83. The third-order valence-electron chi connectivity index (χ3n) is 3.62. The summed E-state index contributed by atoms with van der Waals surface area (Å²) in [5.41, 5.74) is 9.61. The lowest BCUT2D eigenvalue weighted by Crippen LogP contribution is -2.42. The van der Waals surface area contributed by atoms with Gasteiger partial charge in [-0.3, -0.25) is 0 Å². The molecule has 0 atom stereocenters. The summed E-state index contributed by atoms with van der Waals surface area (Å²) < 4.78 is 5.34. The summed E-state index contributed by atoms with van der Waals surface area (Å²) in [7, 11) is 1.72. The summed E-state index contributed by atoms with van der Waals surface area (Å²) in [5, 5.41) is 3.57. The highest BCUT2D eigenvalue weighted by atomic mass is 16.5. The van der Waals surface area contributed by atoms with E-state index in [1.54, 1.807) is 7.11 Å². The Morgan fingerprint density at radius 3 is 2.47 bits per heavy atom. The number of nitrogens with two attached hydrogens (primary N) is 1. The molecule has 0 aliphatic rings. The normalized spacial score (nSPS) is 11.7. The second-order valence-electron chi connectivity index (χ2n) is 5.85. The molecule has 0 radical (unpaired) electrons. The van der Waals surface area contributed by atoms with Crippen molar-refractivity contribution in [2.24, 2.45) is 5.73 Å². The van der Waals surface area contributed by atoms with Gasteiger partial charge in [-0.25, -0.2) is 0 Å². The Balaban J connectivity index is 2.61. The molecule has 3 heteroatoms. The molecule has 3 nitrogen and oxygen atoms in total. The van der Waals surface area contributed by atoms with Crippen LogP contribution in [0.15, 0.2) is 12.1 Å². The van der Waals surface area contributed by atoms with Crippen LogP contribution in [0.1, 0.15) is 37.0 Å². The Morgan fingerprint density at radius 1 is 1.21 bits per heavy atom. The Hall–Kier alpha value is -1.06. The Labute approximate surface area is 117 Å². The van der Waals surface area contributed by atoms with E-state index in [0.717, 1.165) is 31.7 Å². The van der Waals surface area contributed by atoms with Crippen molar-refractivity contribution in [1.29, 1.82) is 0 Å². The van der Waals surface area contributed by atoms with E-state index in [-0.39, 0.29) is 5.54 Å². The second-order valence-corrected chi connectivity index (χ2v) is 5.85. The fraction of sp³-hybridized carbons (Fsp3) is 0.625. The van der Waals surface area contributed by atoms with Crippen molar-refractivity contribution < 1.29 is 4.74 Å². The molecule has 3 N–H and O–H groups in total. The van der Waals surface area contributed by atoms with Gasteiger partial charge >= 0.3 is 0 Å². The van der Waals surface area contributed by atoms with Gasteiger partial charge in [-0.2, -0.15) is 0 Å². The quantitative estimate of drug-likeness (QED) is 0.795. The predicted molar refractivity (Wildman–Crippen MR) is 81.9 cm³/mol. The van der Waals surface area contributed by atoms with Crippen molar-refractivity contribution in [3.8, 4) is 5.75 Å². The summed E-state index contributed by atoms with van der Waals surface area (Å²) in [5.74, 6) is 0.970. The molecule has 0 aliphatic carbocycles. The maximum Gasteiger partial charge on any atom is 0.122 e. The van der Waals surface area contributed by atoms with E-state index in [2.05, 4.69) is 45.1 Å². The number of methoxy groups -OCH3 is 1. The minimum atomic E-state index is 0.115. The van der Waals surface area contributed by atoms with Crippen molar-refractivity contribution >= 4 is 0 Å². The molecule has 0 saturated heterocycles. The number of hydrogen-bond donors (Lipinski definition) is 2. The third kappa shape index (κ3) is 4.84. The third-order valence-corrected chi connectivity index (χ3v) is 3.62. The van der Waals surface area contributed by atoms with Crippen LogP contribution in [0.2, 0.25) is 0 Å². The van der Waals surface area contributed by atoms with Gasteiger partial charge in [0.2, 0.25) is 0 Å². The minimum Gasteiger partial charge on any atom is -0.496 e. The highest BCUT2D eigenvalue weighted by molar-refractivity contribution is 5.41. The Morgan fingerprint density at radius 2 is 1.89 bits per heavy atom. The van der Waals surface area contributed by atoms with Crippen LogP contribution in [-0.2, 0) is 6.42 Å². The molecule has 0 fully saturated rings. The van der Waals surface area contributed by atoms with Gasteiger partial charge in [-0.1, -0.05) is 6.07 Å². The molecule has 0 unspecified atom stereocenters. The molecule has 19 heavy (non-hydrogen) atoms. The lowest BCUT2D eigenvalue weighted by molar-refractivity contribution is 0.370. The van der Waals surface area contributed by atoms with Crippen LogP contribution in [0.3, 0.4) is 0 Å². The summed E-state index contributed by atoms with van der Waals surface area (Å²) >= 11 is 0. The van der Waals surface area contributed by atoms with Gasteiger partial charge in [-0.05, 0) is 76.4 Å². The van der Waals surface area contributed by atoms with Gasteiger partial charge in [0, 0.05) is 5.54 Å². The second kappa shape index (κ2) is 6.92. The number of ether oxygens (including phenoxy) is 1. The van der Waals surface area contributed by atoms with Gasteiger partial charge < -0.3 is 15.8 Å². The minimum absolute atomic E-state index is 0.115. The smallest absolute Gasteiger partial charge is 0.122 e. The van der Waals surface area contributed by atoms with Gasteiger partial charge in [0.25, 0.3) is 0 Å². The molecule has 1 aromatic rings. The van der Waals surface area contributed by atoms with Crippen LogP contribution < -0.4 is 15.8 Å². The maximum absolute atomic E-state index is 5.62. The first kappa shape index (κ1) is 16.0. The lowest BCUT2D eigenvalue weighted by Gasteiger charge is -2.26. The molecule has 0 heterocycles. The molecule has 1 rings (SSSR count). The number of aryl methyl sites for hydroxylation is 2. The SMILES string of the molecule is COc1cc(C)c(CCNC(C)(C)CCN)cc1C. The summed E-state index contributed by atoms with van der Waals surface area (Å²) in [4.78, 5) is 0. The van der Waals surface area contributed by atoms with Crippen LogP contribution >= 0.6 is 0 Å². The van der Waals surface area contributed by atoms with E-state index < -0.39 is 0 Å². The van der Waals surface area contributed by atoms with E-state index in [1.165, 1.54) is 16.7 Å². The van der Waals surface area contributed by atoms with Crippen molar-refractivity contribution in [3.63, 3.8) is 0 Å². The zero-order chi connectivity index (χ0) is 14.5. The van der Waals surface area contributed by atoms with Crippen molar-refractivity contribution in [2.75, 3.05) is 20.2 Å². The molecule has 1 aromatic carbocycles. The fourth-order valence-electron chi connectivity index (χ4n) is 2.32. The van der Waals surface area contributed by atoms with E-state index in [9.17, 15) is 0 Å². The molecule has 0 bridgehead atoms. The van der Waals surface area contributed by atoms with E-state index >= 15 is 0 Å². The average molecular weight is 264 g/mol. The largest absolute Gasteiger partial charge is 0.496 e. The molecular weight excluding hydrogens is 236 g/mol. The van der Waals surface area contributed by atoms with Crippen molar-refractivity contribution in [3.05, 3.63) is 28.8 Å². The van der Waals surface area contributed by atoms with E-state index in [0.29, 0.717) is 0 Å². The predicted octanol–water partition coefficient (Wildman–Crippen LogP) is 2.57. The average Bonchev–Trinajstić information content (AvgIpc) is 2.32. The molecule has 108 valence electrons. The van der Waals surface area contributed by atoms with Crippen LogP contribution in [0.4, 0.5) is 0 Å². The van der Waals surface area contributed by atoms with Crippen LogP contribution in [0.5, 0.6) is 5.75 Å². The molecule has 0 aromatic heterocycles. The molecular formula is C16H28N2O. The fourth-order valence-corrected chi connectivity index (χ4v) is 2.32. The first-order valence-corrected chi connectivity index (χ1v) is 6.99. The number of nitrogens with one attached hydrogen (secondary N) is 1. The van der Waals surface area contributed by atoms with E-state index in [4.69, 9.17) is 10.5 Å². The first-order valence-electron chi connectivity index (χ1n) is 6.99. The molecule has 0 aliphatic heterocycles. The standard InChI is InChI=1S/C16H28N2O/c1-12-11-15(19-5)13(2)10-14(12)6-9-18-16(3,4)7-8-17/h10-11,18H,6-9,17H2,1-5H3. The highest BCUT2D eigenvalue weighted by Crippen LogP contribution is 2.22. The zero-order valence-electron chi connectivity index (χ0n) is 13.0. The monoisotopic (exact) mass is 264 g/mol. The number of hydrogen-bond acceptors (Lipinski definition) is 3. The number of rotatable bonds is 7. The molecule has 0 saturated carbocycles. The summed E-state index contributed by atoms with van der Waals surface area (Å²) in [6.45, 7) is 10.3. The van der Waals surface area contributed by atoms with Crippen LogP contribution in [0, 0.1) is 13.8 Å². The van der Waals surface area contributed by atoms with Gasteiger partial charge in [0.1, 0.15) is 5.75 Å². The maximum atomic E-state index is 5.62. The Bertz CT molecular complexity index is 413. The van der Waals surface area contributed by atoms with Gasteiger partial charge in [0.05, 0.1) is 7.11 Å². The summed E-state index contributed by atoms with van der Waals surface area (Å²) in [6, 6.07) is 4.35. The van der Waals surface area contributed by atoms with Crippen molar-refractivity contribution in [1.82, 2.24) is 5.32 Å². The lowest BCUT2D eigenvalue weighted by atomic mass is 9.98. The van der Waals surface area contributed by atoms with Gasteiger partial charge in [0.15, 0.2) is 0 Å². The topological polar surface area (TPSA) is 47.3 Å². The molecule has 0 spiro atoms. The summed E-state index contributed by atoms with van der Waals surface area (Å²) in [6.07, 6.45) is 2.03. The van der Waals surface area contributed by atoms with Gasteiger partial charge in [-0.15, -0.1) is 0 Å². The first-order chi connectivity index (χ1) is 8.89. The number of benzene rings is 1. The van der Waals surface area contributed by atoms with E-state index in [1.807, 2.05) is 0 Å². The highest BCUT2D eigenvalue weighted by Gasteiger charge is 2.15. The molecule has 0 amide bonds. The van der Waals surface area contributed by atoms with Crippen LogP contribution in [0.25, 0.3) is 0 Å².